The second-order valence-corrected chi connectivity index (χ2v) is 4.56. The Kier molecular flexibility index (Phi) is 3.99. The minimum absolute atomic E-state index is 0.169. The van der Waals surface area contributed by atoms with Crippen LogP contribution >= 0.6 is 0 Å². The molecule has 1 aromatic rings. The summed E-state index contributed by atoms with van der Waals surface area (Å²) in [4.78, 5) is 10.7. The molecule has 0 aromatic heterocycles. The first kappa shape index (κ1) is 12.6. The summed E-state index contributed by atoms with van der Waals surface area (Å²) in [5.41, 5.74) is 0.972. The summed E-state index contributed by atoms with van der Waals surface area (Å²) in [6.45, 7) is 0. The highest BCUT2D eigenvalue weighted by molar-refractivity contribution is 5.87. The highest BCUT2D eigenvalue weighted by Crippen LogP contribution is 2.26. The third-order valence-electron chi connectivity index (χ3n) is 3.22. The molecule has 0 amide bonds. The van der Waals surface area contributed by atoms with Crippen molar-refractivity contribution in [3.63, 3.8) is 0 Å². The van der Waals surface area contributed by atoms with Gasteiger partial charge in [0.15, 0.2) is 0 Å². The Labute approximate surface area is 106 Å². The second kappa shape index (κ2) is 5.68. The Morgan fingerprint density at radius 2 is 1.89 bits per heavy atom. The molecule has 2 atom stereocenters. The Morgan fingerprint density at radius 3 is 2.50 bits per heavy atom. The molecule has 1 saturated carbocycles. The molecular weight excluding hydrogens is 231 g/mol. The number of hydrogen-bond acceptors (Lipinski definition) is 1. The van der Waals surface area contributed by atoms with E-state index in [0.29, 0.717) is 6.42 Å². The number of halogens is 1. The number of aromatic carboxylic acids is 1. The van der Waals surface area contributed by atoms with Crippen LogP contribution in [0.2, 0.25) is 0 Å². The number of benzene rings is 1. The smallest absolute Gasteiger partial charge is 0.335 e. The van der Waals surface area contributed by atoms with Gasteiger partial charge in [0.25, 0.3) is 0 Å². The van der Waals surface area contributed by atoms with Crippen molar-refractivity contribution in [2.75, 3.05) is 0 Å². The molecule has 1 fully saturated rings. The Hall–Kier alpha value is -1.82. The molecule has 1 aliphatic carbocycles. The van der Waals surface area contributed by atoms with E-state index < -0.39 is 12.1 Å². The van der Waals surface area contributed by atoms with Crippen molar-refractivity contribution in [2.24, 2.45) is 5.92 Å². The Morgan fingerprint density at radius 1 is 1.22 bits per heavy atom. The SMILES string of the molecule is O=C(O)c1ccc(C#C[C@@H]2CCCCC2F)cc1. The minimum atomic E-state index is -0.953. The molecule has 0 saturated heterocycles. The first-order valence-electron chi connectivity index (χ1n) is 6.16. The molecule has 2 rings (SSSR count). The Bertz CT molecular complexity index is 481. The van der Waals surface area contributed by atoms with E-state index >= 15 is 0 Å². The van der Waals surface area contributed by atoms with Crippen molar-refractivity contribution in [3.8, 4) is 11.8 Å². The van der Waals surface area contributed by atoms with Crippen molar-refractivity contribution in [1.82, 2.24) is 0 Å². The van der Waals surface area contributed by atoms with Crippen LogP contribution in [0.5, 0.6) is 0 Å². The van der Waals surface area contributed by atoms with Crippen LogP contribution in [0.25, 0.3) is 0 Å². The molecule has 1 aliphatic rings. The van der Waals surface area contributed by atoms with Gasteiger partial charge in [0.1, 0.15) is 6.17 Å². The predicted molar refractivity (Wildman–Crippen MR) is 67.1 cm³/mol. The summed E-state index contributed by atoms with van der Waals surface area (Å²) >= 11 is 0. The monoisotopic (exact) mass is 246 g/mol. The van der Waals surface area contributed by atoms with Crippen molar-refractivity contribution >= 4 is 5.97 Å². The van der Waals surface area contributed by atoms with Crippen LogP contribution in [-0.2, 0) is 0 Å². The zero-order valence-corrected chi connectivity index (χ0v) is 10.0. The lowest BCUT2D eigenvalue weighted by Gasteiger charge is -2.20. The second-order valence-electron chi connectivity index (χ2n) is 4.56. The lowest BCUT2D eigenvalue weighted by atomic mass is 9.88. The number of carboxylic acids is 1. The fourth-order valence-corrected chi connectivity index (χ4v) is 2.12. The molecule has 2 nitrogen and oxygen atoms in total. The molecule has 3 heteroatoms. The van der Waals surface area contributed by atoms with Gasteiger partial charge < -0.3 is 5.11 Å². The van der Waals surface area contributed by atoms with Crippen LogP contribution in [0.15, 0.2) is 24.3 Å². The van der Waals surface area contributed by atoms with E-state index in [1.54, 1.807) is 12.1 Å². The van der Waals surface area contributed by atoms with Gasteiger partial charge in [0, 0.05) is 5.56 Å². The van der Waals surface area contributed by atoms with E-state index in [1.165, 1.54) is 12.1 Å². The number of hydrogen-bond donors (Lipinski definition) is 1. The molecular formula is C15H15FO2. The molecule has 0 heterocycles. The quantitative estimate of drug-likeness (QED) is 0.772. The van der Waals surface area contributed by atoms with Gasteiger partial charge in [-0.15, -0.1) is 0 Å². The molecule has 94 valence electrons. The maximum Gasteiger partial charge on any atom is 0.335 e. The fraction of sp³-hybridized carbons (Fsp3) is 0.400. The molecule has 1 N–H and O–H groups in total. The van der Waals surface area contributed by atoms with Crippen molar-refractivity contribution < 1.29 is 14.3 Å². The van der Waals surface area contributed by atoms with Crippen LogP contribution in [0.3, 0.4) is 0 Å². The van der Waals surface area contributed by atoms with Crippen LogP contribution in [0.1, 0.15) is 41.6 Å². The Balaban J connectivity index is 2.07. The summed E-state index contributed by atoms with van der Waals surface area (Å²) in [5.74, 6) is 4.77. The van der Waals surface area contributed by atoms with E-state index in [9.17, 15) is 9.18 Å². The molecule has 18 heavy (non-hydrogen) atoms. The highest BCUT2D eigenvalue weighted by Gasteiger charge is 2.22. The van der Waals surface area contributed by atoms with Gasteiger partial charge in [-0.25, -0.2) is 9.18 Å². The van der Waals surface area contributed by atoms with Gasteiger partial charge in [-0.3, -0.25) is 0 Å². The third-order valence-corrected chi connectivity index (χ3v) is 3.22. The van der Waals surface area contributed by atoms with Gasteiger partial charge in [-0.2, -0.15) is 0 Å². The molecule has 0 spiro atoms. The summed E-state index contributed by atoms with van der Waals surface area (Å²) < 4.78 is 13.5. The molecule has 1 unspecified atom stereocenters. The lowest BCUT2D eigenvalue weighted by molar-refractivity contribution is 0.0697. The molecule has 1 aromatic carbocycles. The van der Waals surface area contributed by atoms with Gasteiger partial charge in [-0.05, 0) is 37.1 Å². The summed E-state index contributed by atoms with van der Waals surface area (Å²) in [7, 11) is 0. The average molecular weight is 246 g/mol. The normalized spacial score (nSPS) is 22.9. The average Bonchev–Trinajstić information content (AvgIpc) is 2.38. The standard InChI is InChI=1S/C15H15FO2/c16-14-4-2-1-3-12(14)8-5-11-6-9-13(10-7-11)15(17)18/h6-7,9-10,12,14H,1-4H2,(H,17,18)/t12-,14?/m0/s1. The maximum atomic E-state index is 13.5. The van der Waals surface area contributed by atoms with Crippen LogP contribution in [0.4, 0.5) is 4.39 Å². The van der Waals surface area contributed by atoms with Crippen LogP contribution in [-0.4, -0.2) is 17.2 Å². The zero-order chi connectivity index (χ0) is 13.0. The van der Waals surface area contributed by atoms with E-state index in [4.69, 9.17) is 5.11 Å². The van der Waals surface area contributed by atoms with Crippen LogP contribution in [0, 0.1) is 17.8 Å². The number of alkyl halides is 1. The molecule has 0 radical (unpaired) electrons. The van der Waals surface area contributed by atoms with Crippen molar-refractivity contribution in [1.29, 1.82) is 0 Å². The topological polar surface area (TPSA) is 37.3 Å². The third kappa shape index (κ3) is 3.10. The summed E-state index contributed by atoms with van der Waals surface area (Å²) in [6.07, 6.45) is 2.60. The predicted octanol–water partition coefficient (Wildman–Crippen LogP) is 3.26. The largest absolute Gasteiger partial charge is 0.478 e. The van der Waals surface area contributed by atoms with Gasteiger partial charge in [0.05, 0.1) is 11.5 Å². The fourth-order valence-electron chi connectivity index (χ4n) is 2.12. The van der Waals surface area contributed by atoms with Crippen molar-refractivity contribution in [2.45, 2.75) is 31.9 Å². The van der Waals surface area contributed by atoms with E-state index in [1.807, 2.05) is 0 Å². The highest BCUT2D eigenvalue weighted by atomic mass is 19.1. The summed E-state index contributed by atoms with van der Waals surface area (Å²) in [6, 6.07) is 6.35. The molecule has 0 bridgehead atoms. The van der Waals surface area contributed by atoms with E-state index in [2.05, 4.69) is 11.8 Å². The van der Waals surface area contributed by atoms with Gasteiger partial charge in [-0.1, -0.05) is 24.7 Å². The van der Waals surface area contributed by atoms with Gasteiger partial charge >= 0.3 is 5.97 Å². The first-order chi connectivity index (χ1) is 8.66. The number of carbonyl (C=O) groups is 1. The molecule has 0 aliphatic heterocycles. The minimum Gasteiger partial charge on any atom is -0.478 e. The zero-order valence-electron chi connectivity index (χ0n) is 10.0. The van der Waals surface area contributed by atoms with Gasteiger partial charge in [0.2, 0.25) is 0 Å². The lowest BCUT2D eigenvalue weighted by Crippen LogP contribution is -2.18. The number of rotatable bonds is 1. The van der Waals surface area contributed by atoms with Crippen molar-refractivity contribution in [3.05, 3.63) is 35.4 Å². The summed E-state index contributed by atoms with van der Waals surface area (Å²) in [5, 5.41) is 8.76. The number of carboxylic acid groups (broad SMARTS) is 1. The van der Waals surface area contributed by atoms with Crippen LogP contribution < -0.4 is 0 Å². The van der Waals surface area contributed by atoms with E-state index in [0.717, 1.165) is 24.8 Å². The maximum absolute atomic E-state index is 13.5. The first-order valence-corrected chi connectivity index (χ1v) is 6.16. The van der Waals surface area contributed by atoms with E-state index in [-0.39, 0.29) is 11.5 Å².